The molecule has 0 spiro atoms. The summed E-state index contributed by atoms with van der Waals surface area (Å²) in [7, 11) is 2.08. The van der Waals surface area contributed by atoms with Crippen molar-refractivity contribution >= 4 is 0 Å². The molecule has 0 radical (unpaired) electrons. The molecule has 0 bridgehead atoms. The minimum atomic E-state index is 0.432. The predicted molar refractivity (Wildman–Crippen MR) is 91.8 cm³/mol. The molecule has 21 heavy (non-hydrogen) atoms. The topological polar surface area (TPSA) is 15.3 Å². The summed E-state index contributed by atoms with van der Waals surface area (Å²) in [4.78, 5) is 2.65. The summed E-state index contributed by atoms with van der Waals surface area (Å²) in [6, 6.07) is 10.3. The summed E-state index contributed by atoms with van der Waals surface area (Å²) in [5.74, 6) is 1.49. The number of nitrogens with zero attached hydrogens (tertiary/aromatic N) is 1. The maximum absolute atomic E-state index is 3.50. The molecule has 2 rings (SSSR count). The fraction of sp³-hybridized carbons (Fsp3) is 0.684. The van der Waals surface area contributed by atoms with E-state index in [-0.39, 0.29) is 0 Å². The molecule has 1 aromatic rings. The van der Waals surface area contributed by atoms with Crippen molar-refractivity contribution in [3.63, 3.8) is 0 Å². The largest absolute Gasteiger partial charge is 0.312 e. The first-order valence-corrected chi connectivity index (χ1v) is 8.52. The molecule has 1 heterocycles. The van der Waals surface area contributed by atoms with Crippen LogP contribution in [0.4, 0.5) is 0 Å². The lowest BCUT2D eigenvalue weighted by molar-refractivity contribution is 0.118. The molecule has 1 N–H and O–H groups in total. The van der Waals surface area contributed by atoms with E-state index in [0.29, 0.717) is 18.0 Å². The standard InChI is InChI=1S/C19H32N2/c1-14(2)17-6-8-18(9-7-17)19(20-5)13-21-11-10-15(3)12-16(21)4/h6-9,14-16,19-20H,10-13H2,1-5H3. The van der Waals surface area contributed by atoms with Gasteiger partial charge in [-0.1, -0.05) is 45.0 Å². The Kier molecular flexibility index (Phi) is 5.83. The van der Waals surface area contributed by atoms with Crippen LogP contribution in [0.1, 0.15) is 63.6 Å². The van der Waals surface area contributed by atoms with Crippen molar-refractivity contribution in [1.82, 2.24) is 10.2 Å². The van der Waals surface area contributed by atoms with Crippen LogP contribution in [0.2, 0.25) is 0 Å². The van der Waals surface area contributed by atoms with Crippen LogP contribution in [-0.4, -0.2) is 31.1 Å². The number of rotatable bonds is 5. The minimum Gasteiger partial charge on any atom is -0.312 e. The van der Waals surface area contributed by atoms with Crippen LogP contribution in [0.25, 0.3) is 0 Å². The molecule has 1 fully saturated rings. The van der Waals surface area contributed by atoms with Gasteiger partial charge in [-0.25, -0.2) is 0 Å². The molecule has 2 heteroatoms. The second kappa shape index (κ2) is 7.42. The van der Waals surface area contributed by atoms with Crippen molar-refractivity contribution in [3.8, 4) is 0 Å². The summed E-state index contributed by atoms with van der Waals surface area (Å²) in [5, 5.41) is 3.50. The van der Waals surface area contributed by atoms with Crippen LogP contribution in [0, 0.1) is 5.92 Å². The van der Waals surface area contributed by atoms with E-state index in [1.54, 1.807) is 0 Å². The quantitative estimate of drug-likeness (QED) is 0.874. The summed E-state index contributed by atoms with van der Waals surface area (Å²) in [6.07, 6.45) is 2.68. The molecule has 0 saturated carbocycles. The maximum Gasteiger partial charge on any atom is 0.0446 e. The molecule has 1 aliphatic heterocycles. The molecule has 0 amide bonds. The fourth-order valence-corrected chi connectivity index (χ4v) is 3.44. The normalized spacial score (nSPS) is 25.2. The van der Waals surface area contributed by atoms with Gasteiger partial charge in [0.05, 0.1) is 0 Å². The van der Waals surface area contributed by atoms with Crippen LogP contribution in [-0.2, 0) is 0 Å². The van der Waals surface area contributed by atoms with Crippen molar-refractivity contribution in [2.75, 3.05) is 20.1 Å². The molecule has 0 aliphatic carbocycles. The van der Waals surface area contributed by atoms with Crippen LogP contribution in [0.3, 0.4) is 0 Å². The van der Waals surface area contributed by atoms with Crippen molar-refractivity contribution in [1.29, 1.82) is 0 Å². The van der Waals surface area contributed by atoms with Gasteiger partial charge in [-0.2, -0.15) is 0 Å². The van der Waals surface area contributed by atoms with Gasteiger partial charge >= 0.3 is 0 Å². The summed E-state index contributed by atoms with van der Waals surface area (Å²) >= 11 is 0. The SMILES string of the molecule is CNC(CN1CCC(C)CC1C)c1ccc(C(C)C)cc1. The van der Waals surface area contributed by atoms with Crippen molar-refractivity contribution in [3.05, 3.63) is 35.4 Å². The van der Waals surface area contributed by atoms with Gasteiger partial charge in [0.15, 0.2) is 0 Å². The second-order valence-electron chi connectivity index (χ2n) is 7.14. The average Bonchev–Trinajstić information content (AvgIpc) is 2.47. The molecular formula is C19H32N2. The average molecular weight is 288 g/mol. The maximum atomic E-state index is 3.50. The molecule has 1 aliphatic rings. The third-order valence-electron chi connectivity index (χ3n) is 5.05. The highest BCUT2D eigenvalue weighted by Crippen LogP contribution is 2.25. The summed E-state index contributed by atoms with van der Waals surface area (Å²) in [6.45, 7) is 11.6. The molecule has 1 saturated heterocycles. The van der Waals surface area contributed by atoms with Gasteiger partial charge in [-0.05, 0) is 56.3 Å². The van der Waals surface area contributed by atoms with Gasteiger partial charge in [-0.15, -0.1) is 0 Å². The number of piperidine rings is 1. The number of nitrogens with one attached hydrogen (secondary N) is 1. The fourth-order valence-electron chi connectivity index (χ4n) is 3.44. The van der Waals surface area contributed by atoms with Gasteiger partial charge in [0.25, 0.3) is 0 Å². The van der Waals surface area contributed by atoms with Crippen molar-refractivity contribution in [2.45, 2.75) is 58.5 Å². The molecule has 1 aromatic carbocycles. The Morgan fingerprint density at radius 1 is 1.14 bits per heavy atom. The Labute approximate surface area is 130 Å². The van der Waals surface area contributed by atoms with E-state index in [4.69, 9.17) is 0 Å². The van der Waals surface area contributed by atoms with E-state index in [1.807, 2.05) is 0 Å². The number of benzene rings is 1. The Morgan fingerprint density at radius 2 is 1.76 bits per heavy atom. The van der Waals surface area contributed by atoms with Gasteiger partial charge in [0, 0.05) is 18.6 Å². The van der Waals surface area contributed by atoms with Crippen LogP contribution >= 0.6 is 0 Å². The third-order valence-corrected chi connectivity index (χ3v) is 5.05. The lowest BCUT2D eigenvalue weighted by Gasteiger charge is -2.38. The highest BCUT2D eigenvalue weighted by Gasteiger charge is 2.25. The van der Waals surface area contributed by atoms with E-state index < -0.39 is 0 Å². The van der Waals surface area contributed by atoms with E-state index in [1.165, 1.54) is 30.5 Å². The summed E-state index contributed by atoms with van der Waals surface area (Å²) < 4.78 is 0. The van der Waals surface area contributed by atoms with Crippen LogP contribution in [0.15, 0.2) is 24.3 Å². The number of likely N-dealkylation sites (tertiary alicyclic amines) is 1. The Balaban J connectivity index is 2.02. The summed E-state index contributed by atoms with van der Waals surface area (Å²) in [5.41, 5.74) is 2.83. The first-order valence-electron chi connectivity index (χ1n) is 8.52. The minimum absolute atomic E-state index is 0.432. The zero-order valence-corrected chi connectivity index (χ0v) is 14.4. The zero-order chi connectivity index (χ0) is 15.4. The monoisotopic (exact) mass is 288 g/mol. The third kappa shape index (κ3) is 4.31. The highest BCUT2D eigenvalue weighted by molar-refractivity contribution is 5.27. The molecule has 118 valence electrons. The lowest BCUT2D eigenvalue weighted by atomic mass is 9.92. The smallest absolute Gasteiger partial charge is 0.0446 e. The van der Waals surface area contributed by atoms with Gasteiger partial charge < -0.3 is 5.32 Å². The highest BCUT2D eigenvalue weighted by atomic mass is 15.2. The number of hydrogen-bond acceptors (Lipinski definition) is 2. The first kappa shape index (κ1) is 16.5. The van der Waals surface area contributed by atoms with Gasteiger partial charge in [0.1, 0.15) is 0 Å². The lowest BCUT2D eigenvalue weighted by Crippen LogP contribution is -2.44. The molecule has 0 aromatic heterocycles. The molecular weight excluding hydrogens is 256 g/mol. The number of likely N-dealkylation sites (N-methyl/N-ethyl adjacent to an activating group) is 1. The van der Waals surface area contributed by atoms with E-state index in [0.717, 1.165) is 12.5 Å². The number of hydrogen-bond donors (Lipinski definition) is 1. The van der Waals surface area contributed by atoms with Crippen LogP contribution < -0.4 is 5.32 Å². The molecule has 3 atom stereocenters. The van der Waals surface area contributed by atoms with Crippen molar-refractivity contribution < 1.29 is 0 Å². The zero-order valence-electron chi connectivity index (χ0n) is 14.4. The predicted octanol–water partition coefficient (Wildman–Crippen LogP) is 4.19. The van der Waals surface area contributed by atoms with E-state index in [2.05, 4.69) is 69.2 Å². The Morgan fingerprint density at radius 3 is 2.29 bits per heavy atom. The second-order valence-corrected chi connectivity index (χ2v) is 7.14. The van der Waals surface area contributed by atoms with Crippen LogP contribution in [0.5, 0.6) is 0 Å². The molecule has 2 nitrogen and oxygen atoms in total. The van der Waals surface area contributed by atoms with Crippen molar-refractivity contribution in [2.24, 2.45) is 5.92 Å². The van der Waals surface area contributed by atoms with E-state index >= 15 is 0 Å². The van der Waals surface area contributed by atoms with E-state index in [9.17, 15) is 0 Å². The molecule has 3 unspecified atom stereocenters. The van der Waals surface area contributed by atoms with Gasteiger partial charge in [-0.3, -0.25) is 4.90 Å². The first-order chi connectivity index (χ1) is 10.0. The van der Waals surface area contributed by atoms with Gasteiger partial charge in [0.2, 0.25) is 0 Å². The Bertz CT molecular complexity index is 424. The Hall–Kier alpha value is -0.860.